The number of aryl methyl sites for hydroxylation is 3. The smallest absolute Gasteiger partial charge is 0.132 e. The lowest BCUT2D eigenvalue weighted by Crippen LogP contribution is -2.43. The van der Waals surface area contributed by atoms with Gasteiger partial charge in [0.1, 0.15) is 12.1 Å². The van der Waals surface area contributed by atoms with Gasteiger partial charge in [-0.1, -0.05) is 0 Å². The van der Waals surface area contributed by atoms with Gasteiger partial charge in [0.05, 0.1) is 11.4 Å². The van der Waals surface area contributed by atoms with E-state index in [1.807, 2.05) is 6.92 Å². The molecular formula is C19H28N6. The summed E-state index contributed by atoms with van der Waals surface area (Å²) in [5.41, 5.74) is 5.33. The molecule has 3 heterocycles. The minimum absolute atomic E-state index is 0.558. The first-order valence-electron chi connectivity index (χ1n) is 9.39. The Morgan fingerprint density at radius 2 is 2.00 bits per heavy atom. The molecule has 0 spiro atoms. The van der Waals surface area contributed by atoms with E-state index in [0.717, 1.165) is 37.6 Å². The molecule has 0 bridgehead atoms. The molecule has 134 valence electrons. The van der Waals surface area contributed by atoms with Crippen molar-refractivity contribution >= 4 is 5.82 Å². The molecule has 1 saturated heterocycles. The number of anilines is 1. The van der Waals surface area contributed by atoms with E-state index in [4.69, 9.17) is 5.10 Å². The minimum atomic E-state index is 0.558. The highest BCUT2D eigenvalue weighted by Gasteiger charge is 2.26. The summed E-state index contributed by atoms with van der Waals surface area (Å²) < 4.78 is 2.12. The maximum Gasteiger partial charge on any atom is 0.132 e. The highest BCUT2D eigenvalue weighted by atomic mass is 15.3. The summed E-state index contributed by atoms with van der Waals surface area (Å²) in [4.78, 5) is 13.6. The fourth-order valence-electron chi connectivity index (χ4n) is 4.28. The summed E-state index contributed by atoms with van der Waals surface area (Å²) in [6, 6.07) is 2.63. The molecule has 0 N–H and O–H groups in total. The quantitative estimate of drug-likeness (QED) is 0.853. The van der Waals surface area contributed by atoms with Gasteiger partial charge in [0.15, 0.2) is 0 Å². The average Bonchev–Trinajstić information content (AvgIpc) is 3.17. The fourth-order valence-corrected chi connectivity index (χ4v) is 4.28. The molecule has 4 rings (SSSR count). The molecule has 2 aliphatic rings. The Kier molecular flexibility index (Phi) is 4.46. The van der Waals surface area contributed by atoms with Crippen molar-refractivity contribution in [3.63, 3.8) is 0 Å². The number of rotatable bonds is 4. The lowest BCUT2D eigenvalue weighted by atomic mass is 10.0. The fraction of sp³-hybridized carbons (Fsp3) is 0.632. The van der Waals surface area contributed by atoms with Crippen molar-refractivity contribution in [2.75, 3.05) is 25.0 Å². The van der Waals surface area contributed by atoms with Crippen molar-refractivity contribution in [2.24, 2.45) is 7.05 Å². The van der Waals surface area contributed by atoms with Gasteiger partial charge in [-0.15, -0.1) is 0 Å². The Hall–Kier alpha value is -1.95. The molecule has 1 fully saturated rings. The van der Waals surface area contributed by atoms with Gasteiger partial charge in [0.2, 0.25) is 0 Å². The van der Waals surface area contributed by atoms with Crippen LogP contribution < -0.4 is 4.90 Å². The van der Waals surface area contributed by atoms with Gasteiger partial charge >= 0.3 is 0 Å². The molecule has 0 amide bonds. The van der Waals surface area contributed by atoms with Crippen LogP contribution in [0.1, 0.15) is 41.9 Å². The van der Waals surface area contributed by atoms with E-state index in [2.05, 4.69) is 44.6 Å². The van der Waals surface area contributed by atoms with E-state index in [0.29, 0.717) is 6.04 Å². The molecule has 25 heavy (non-hydrogen) atoms. The van der Waals surface area contributed by atoms with Crippen LogP contribution in [-0.2, 0) is 26.4 Å². The molecule has 1 aliphatic carbocycles. The molecule has 6 heteroatoms. The van der Waals surface area contributed by atoms with Crippen LogP contribution in [-0.4, -0.2) is 50.8 Å². The van der Waals surface area contributed by atoms with Gasteiger partial charge in [-0.3, -0.25) is 9.58 Å². The molecule has 0 aromatic carbocycles. The van der Waals surface area contributed by atoms with Crippen molar-refractivity contribution in [3.8, 4) is 0 Å². The number of likely N-dealkylation sites (tertiary alicyclic amines) is 1. The Morgan fingerprint density at radius 3 is 2.76 bits per heavy atom. The molecule has 6 nitrogen and oxygen atoms in total. The molecule has 0 radical (unpaired) electrons. The zero-order chi connectivity index (χ0) is 17.4. The third-order valence-electron chi connectivity index (χ3n) is 5.83. The largest absolute Gasteiger partial charge is 0.356 e. The van der Waals surface area contributed by atoms with Gasteiger partial charge in [0, 0.05) is 51.5 Å². The van der Waals surface area contributed by atoms with Crippen LogP contribution in [0.15, 0.2) is 12.4 Å². The van der Waals surface area contributed by atoms with Crippen molar-refractivity contribution in [1.82, 2.24) is 24.6 Å². The van der Waals surface area contributed by atoms with Crippen LogP contribution in [0, 0.1) is 6.92 Å². The van der Waals surface area contributed by atoms with E-state index in [1.165, 1.54) is 42.6 Å². The third-order valence-corrected chi connectivity index (χ3v) is 5.83. The van der Waals surface area contributed by atoms with Crippen LogP contribution in [0.25, 0.3) is 0 Å². The normalized spacial score (nSPS) is 18.5. The molecule has 0 saturated carbocycles. The third kappa shape index (κ3) is 3.27. The van der Waals surface area contributed by atoms with Crippen molar-refractivity contribution in [1.29, 1.82) is 0 Å². The molecule has 2 aromatic rings. The number of hydrogen-bond donors (Lipinski definition) is 0. The van der Waals surface area contributed by atoms with E-state index < -0.39 is 0 Å². The summed E-state index contributed by atoms with van der Waals surface area (Å²) in [6.07, 6.45) is 7.67. The van der Waals surface area contributed by atoms with Gasteiger partial charge in [-0.05, 0) is 44.6 Å². The van der Waals surface area contributed by atoms with E-state index in [9.17, 15) is 0 Å². The first-order chi connectivity index (χ1) is 12.1. The van der Waals surface area contributed by atoms with Crippen LogP contribution >= 0.6 is 0 Å². The molecule has 1 aliphatic heterocycles. The number of fused-ring (bicyclic) bond motifs is 1. The zero-order valence-electron chi connectivity index (χ0n) is 15.6. The monoisotopic (exact) mass is 340 g/mol. The van der Waals surface area contributed by atoms with E-state index >= 15 is 0 Å². The second kappa shape index (κ2) is 6.75. The average molecular weight is 340 g/mol. The lowest BCUT2D eigenvalue weighted by molar-refractivity contribution is 0.198. The number of hydrogen-bond acceptors (Lipinski definition) is 5. The van der Waals surface area contributed by atoms with Crippen LogP contribution in [0.2, 0.25) is 0 Å². The van der Waals surface area contributed by atoms with Crippen molar-refractivity contribution < 1.29 is 0 Å². The van der Waals surface area contributed by atoms with E-state index in [1.54, 1.807) is 6.33 Å². The van der Waals surface area contributed by atoms with Gasteiger partial charge < -0.3 is 4.90 Å². The number of aromatic nitrogens is 4. The predicted molar refractivity (Wildman–Crippen MR) is 98.7 cm³/mol. The summed E-state index contributed by atoms with van der Waals surface area (Å²) >= 11 is 0. The topological polar surface area (TPSA) is 50.1 Å². The maximum atomic E-state index is 4.72. The van der Waals surface area contributed by atoms with E-state index in [-0.39, 0.29) is 0 Å². The molecule has 0 atom stereocenters. The van der Waals surface area contributed by atoms with Crippen LogP contribution in [0.3, 0.4) is 0 Å². The summed E-state index contributed by atoms with van der Waals surface area (Å²) in [6.45, 7) is 5.34. The minimum Gasteiger partial charge on any atom is -0.356 e. The highest BCUT2D eigenvalue weighted by molar-refractivity contribution is 5.39. The zero-order valence-corrected chi connectivity index (χ0v) is 15.6. The number of nitrogens with zero attached hydrogens (tertiary/aromatic N) is 6. The SMILES string of the molecule is Cc1cc(N(C)C2CCN(Cc3c4c(nn3C)CCC4)CC2)ncn1. The second-order valence-corrected chi connectivity index (χ2v) is 7.48. The van der Waals surface area contributed by atoms with Crippen molar-refractivity contribution in [2.45, 2.75) is 51.6 Å². The molecule has 0 unspecified atom stereocenters. The van der Waals surface area contributed by atoms with Gasteiger partial charge in [-0.2, -0.15) is 5.10 Å². The first kappa shape index (κ1) is 16.5. The Balaban J connectivity index is 1.37. The van der Waals surface area contributed by atoms with Gasteiger partial charge in [0.25, 0.3) is 0 Å². The van der Waals surface area contributed by atoms with Crippen LogP contribution in [0.4, 0.5) is 5.82 Å². The number of piperidine rings is 1. The lowest BCUT2D eigenvalue weighted by Gasteiger charge is -2.37. The summed E-state index contributed by atoms with van der Waals surface area (Å²) in [5, 5.41) is 4.72. The standard InChI is InChI=1S/C19H28N6/c1-14-11-19(21-13-20-14)23(2)15-7-9-25(10-8-15)12-18-16-5-4-6-17(16)22-24(18)3/h11,13,15H,4-10,12H2,1-3H3. The Bertz CT molecular complexity index is 744. The Morgan fingerprint density at radius 1 is 1.20 bits per heavy atom. The van der Waals surface area contributed by atoms with Crippen molar-refractivity contribution in [3.05, 3.63) is 35.0 Å². The Labute approximate surface area is 149 Å². The summed E-state index contributed by atoms with van der Waals surface area (Å²) in [7, 11) is 4.27. The maximum absolute atomic E-state index is 4.72. The molecular weight excluding hydrogens is 312 g/mol. The summed E-state index contributed by atoms with van der Waals surface area (Å²) in [5.74, 6) is 1.04. The van der Waals surface area contributed by atoms with Gasteiger partial charge in [-0.25, -0.2) is 9.97 Å². The first-order valence-corrected chi connectivity index (χ1v) is 9.39. The highest BCUT2D eigenvalue weighted by Crippen LogP contribution is 2.27. The second-order valence-electron chi connectivity index (χ2n) is 7.48. The van der Waals surface area contributed by atoms with Crippen LogP contribution in [0.5, 0.6) is 0 Å². The predicted octanol–water partition coefficient (Wildman–Crippen LogP) is 2.11. The molecule has 2 aromatic heterocycles.